The maximum absolute atomic E-state index is 12.0. The average molecular weight is 351 g/mol. The van der Waals surface area contributed by atoms with Crippen LogP contribution in [0.2, 0.25) is 0 Å². The standard InChI is InChI=1S/C10H11BrN2O3S2/c1-6-8(7(2)16-13-6)5-12-18(14,15)10-4-3-9(11)17-10/h3-4,12H,5H2,1-2H3. The van der Waals surface area contributed by atoms with Crippen LogP contribution >= 0.6 is 27.3 Å². The van der Waals surface area contributed by atoms with Gasteiger partial charge in [0.15, 0.2) is 0 Å². The van der Waals surface area contributed by atoms with Crippen molar-refractivity contribution in [3.8, 4) is 0 Å². The van der Waals surface area contributed by atoms with Gasteiger partial charge in [-0.2, -0.15) is 0 Å². The predicted molar refractivity (Wildman–Crippen MR) is 72.0 cm³/mol. The lowest BCUT2D eigenvalue weighted by Gasteiger charge is -2.03. The monoisotopic (exact) mass is 350 g/mol. The summed E-state index contributed by atoms with van der Waals surface area (Å²) in [5.41, 5.74) is 1.47. The van der Waals surface area contributed by atoms with E-state index in [2.05, 4.69) is 25.8 Å². The van der Waals surface area contributed by atoms with E-state index < -0.39 is 10.0 Å². The Morgan fingerprint density at radius 2 is 2.17 bits per heavy atom. The third-order valence-electron chi connectivity index (χ3n) is 2.43. The Kier molecular flexibility index (Phi) is 3.90. The average Bonchev–Trinajstić information content (AvgIpc) is 2.85. The van der Waals surface area contributed by atoms with Gasteiger partial charge in [0.2, 0.25) is 10.0 Å². The van der Waals surface area contributed by atoms with Gasteiger partial charge in [0.25, 0.3) is 0 Å². The van der Waals surface area contributed by atoms with E-state index in [4.69, 9.17) is 4.52 Å². The molecule has 0 bridgehead atoms. The second-order valence-corrected chi connectivity index (χ2v) is 8.14. The molecule has 0 saturated heterocycles. The van der Waals surface area contributed by atoms with Crippen molar-refractivity contribution in [3.05, 3.63) is 32.9 Å². The first-order chi connectivity index (χ1) is 8.40. The zero-order valence-corrected chi connectivity index (χ0v) is 12.9. The minimum absolute atomic E-state index is 0.180. The van der Waals surface area contributed by atoms with E-state index in [-0.39, 0.29) is 10.8 Å². The summed E-state index contributed by atoms with van der Waals surface area (Å²) in [6.07, 6.45) is 0. The number of nitrogens with zero attached hydrogens (tertiary/aromatic N) is 1. The van der Waals surface area contributed by atoms with Crippen LogP contribution in [0.25, 0.3) is 0 Å². The Bertz CT molecular complexity index is 641. The summed E-state index contributed by atoms with van der Waals surface area (Å²) in [7, 11) is -3.48. The van der Waals surface area contributed by atoms with Crippen LogP contribution in [-0.4, -0.2) is 13.6 Å². The molecule has 2 rings (SSSR count). The smallest absolute Gasteiger partial charge is 0.250 e. The van der Waals surface area contributed by atoms with E-state index in [1.54, 1.807) is 26.0 Å². The van der Waals surface area contributed by atoms with Crippen molar-refractivity contribution in [2.24, 2.45) is 0 Å². The van der Waals surface area contributed by atoms with Crippen molar-refractivity contribution in [3.63, 3.8) is 0 Å². The minimum Gasteiger partial charge on any atom is -0.361 e. The first-order valence-corrected chi connectivity index (χ1v) is 8.16. The molecule has 8 heteroatoms. The van der Waals surface area contributed by atoms with Crippen molar-refractivity contribution in [1.29, 1.82) is 0 Å². The number of hydrogen-bond donors (Lipinski definition) is 1. The zero-order valence-electron chi connectivity index (χ0n) is 9.73. The number of aryl methyl sites for hydroxylation is 2. The number of halogens is 1. The first kappa shape index (κ1) is 13.7. The molecule has 0 amide bonds. The summed E-state index contributed by atoms with van der Waals surface area (Å²) in [5.74, 6) is 0.627. The molecular formula is C10H11BrN2O3S2. The summed E-state index contributed by atoms with van der Waals surface area (Å²) in [6.45, 7) is 3.71. The molecule has 2 aromatic rings. The van der Waals surface area contributed by atoms with Gasteiger partial charge in [-0.25, -0.2) is 13.1 Å². The molecule has 2 heterocycles. The van der Waals surface area contributed by atoms with E-state index in [9.17, 15) is 8.42 Å². The van der Waals surface area contributed by atoms with Crippen LogP contribution in [0.4, 0.5) is 0 Å². The molecule has 0 aliphatic carbocycles. The molecule has 1 N–H and O–H groups in total. The summed E-state index contributed by atoms with van der Waals surface area (Å²) < 4.78 is 32.6. The number of sulfonamides is 1. The van der Waals surface area contributed by atoms with E-state index in [1.165, 1.54) is 11.3 Å². The zero-order chi connectivity index (χ0) is 13.3. The lowest BCUT2D eigenvalue weighted by atomic mass is 10.2. The van der Waals surface area contributed by atoms with E-state index in [0.717, 1.165) is 9.35 Å². The van der Waals surface area contributed by atoms with Gasteiger partial charge in [-0.1, -0.05) is 5.16 Å². The van der Waals surface area contributed by atoms with Gasteiger partial charge in [-0.05, 0) is 41.9 Å². The lowest BCUT2D eigenvalue weighted by Crippen LogP contribution is -2.22. The molecular weight excluding hydrogens is 340 g/mol. The maximum atomic E-state index is 12.0. The van der Waals surface area contributed by atoms with Crippen molar-refractivity contribution in [1.82, 2.24) is 9.88 Å². The fourth-order valence-corrected chi connectivity index (χ4v) is 4.48. The van der Waals surface area contributed by atoms with Gasteiger partial charge in [-0.3, -0.25) is 0 Å². The molecule has 0 aromatic carbocycles. The third kappa shape index (κ3) is 2.82. The Morgan fingerprint density at radius 3 is 2.67 bits per heavy atom. The lowest BCUT2D eigenvalue weighted by molar-refractivity contribution is 0.392. The van der Waals surface area contributed by atoms with Crippen molar-refractivity contribution < 1.29 is 12.9 Å². The van der Waals surface area contributed by atoms with E-state index in [1.807, 2.05) is 0 Å². The highest BCUT2D eigenvalue weighted by atomic mass is 79.9. The Hall–Kier alpha value is -0.700. The van der Waals surface area contributed by atoms with Crippen molar-refractivity contribution >= 4 is 37.3 Å². The molecule has 0 fully saturated rings. The SMILES string of the molecule is Cc1noc(C)c1CNS(=O)(=O)c1ccc(Br)s1. The molecule has 0 radical (unpaired) electrons. The molecule has 0 atom stereocenters. The molecule has 0 aliphatic heterocycles. The molecule has 0 saturated carbocycles. The molecule has 0 aliphatic rings. The van der Waals surface area contributed by atoms with Crippen LogP contribution in [0.3, 0.4) is 0 Å². The summed E-state index contributed by atoms with van der Waals surface area (Å²) >= 11 is 4.41. The number of thiophene rings is 1. The van der Waals surface area contributed by atoms with Crippen LogP contribution < -0.4 is 4.72 Å². The first-order valence-electron chi connectivity index (χ1n) is 5.07. The summed E-state index contributed by atoms with van der Waals surface area (Å²) in [5, 5.41) is 3.78. The fourth-order valence-electron chi connectivity index (χ4n) is 1.43. The number of hydrogen-bond acceptors (Lipinski definition) is 5. The second-order valence-electron chi connectivity index (χ2n) is 3.69. The molecule has 18 heavy (non-hydrogen) atoms. The van der Waals surface area contributed by atoms with Crippen molar-refractivity contribution in [2.45, 2.75) is 24.6 Å². The molecule has 0 spiro atoms. The topological polar surface area (TPSA) is 72.2 Å². The van der Waals surface area contributed by atoms with Gasteiger partial charge in [0, 0.05) is 12.1 Å². The third-order valence-corrected chi connectivity index (χ3v) is 5.95. The minimum atomic E-state index is -3.48. The van der Waals surface area contributed by atoms with Gasteiger partial charge in [-0.15, -0.1) is 11.3 Å². The quantitative estimate of drug-likeness (QED) is 0.919. The Balaban J connectivity index is 2.15. The normalized spacial score (nSPS) is 11.9. The van der Waals surface area contributed by atoms with E-state index in [0.29, 0.717) is 11.5 Å². The summed E-state index contributed by atoms with van der Waals surface area (Å²) in [4.78, 5) is 0. The highest BCUT2D eigenvalue weighted by Gasteiger charge is 2.18. The largest absolute Gasteiger partial charge is 0.361 e. The molecule has 98 valence electrons. The van der Waals surface area contributed by atoms with Crippen LogP contribution in [0.1, 0.15) is 17.0 Å². The molecule has 0 unspecified atom stereocenters. The second kappa shape index (κ2) is 5.12. The van der Waals surface area contributed by atoms with Crippen LogP contribution in [0.5, 0.6) is 0 Å². The van der Waals surface area contributed by atoms with Crippen LogP contribution in [0, 0.1) is 13.8 Å². The highest BCUT2D eigenvalue weighted by molar-refractivity contribution is 9.11. The van der Waals surface area contributed by atoms with Gasteiger partial charge >= 0.3 is 0 Å². The van der Waals surface area contributed by atoms with Crippen molar-refractivity contribution in [2.75, 3.05) is 0 Å². The Morgan fingerprint density at radius 1 is 1.44 bits per heavy atom. The Labute approximate surface area is 117 Å². The predicted octanol–water partition coefficient (Wildman–Crippen LogP) is 2.59. The summed E-state index contributed by atoms with van der Waals surface area (Å²) in [6, 6.07) is 3.26. The number of nitrogens with one attached hydrogen (secondary N) is 1. The fraction of sp³-hybridized carbons (Fsp3) is 0.300. The van der Waals surface area contributed by atoms with Gasteiger partial charge in [0.05, 0.1) is 9.48 Å². The number of aromatic nitrogens is 1. The van der Waals surface area contributed by atoms with E-state index >= 15 is 0 Å². The highest BCUT2D eigenvalue weighted by Crippen LogP contribution is 2.26. The van der Waals surface area contributed by atoms with Crippen LogP contribution in [0.15, 0.2) is 24.7 Å². The van der Waals surface area contributed by atoms with Gasteiger partial charge in [0.1, 0.15) is 9.97 Å². The maximum Gasteiger partial charge on any atom is 0.250 e. The van der Waals surface area contributed by atoms with Crippen LogP contribution in [-0.2, 0) is 16.6 Å². The number of rotatable bonds is 4. The molecule has 5 nitrogen and oxygen atoms in total. The molecule has 2 aromatic heterocycles. The van der Waals surface area contributed by atoms with Gasteiger partial charge < -0.3 is 4.52 Å².